The Morgan fingerprint density at radius 2 is 2.06 bits per heavy atom. The summed E-state index contributed by atoms with van der Waals surface area (Å²) >= 11 is 0. The molecule has 1 fully saturated rings. The van der Waals surface area contributed by atoms with Crippen molar-refractivity contribution >= 4 is 11.9 Å². The van der Waals surface area contributed by atoms with E-state index in [0.29, 0.717) is 0 Å². The predicted octanol–water partition coefficient (Wildman–Crippen LogP) is 1.04. The summed E-state index contributed by atoms with van der Waals surface area (Å²) in [5, 5.41) is 9.05. The number of aliphatic carboxylic acids is 1. The van der Waals surface area contributed by atoms with Crippen LogP contribution >= 0.6 is 0 Å². The van der Waals surface area contributed by atoms with Gasteiger partial charge in [-0.25, -0.2) is 0 Å². The summed E-state index contributed by atoms with van der Waals surface area (Å²) in [5.74, 6) is -1.01. The fraction of sp³-hybridized carbons (Fsp3) is 0.846. The summed E-state index contributed by atoms with van der Waals surface area (Å²) in [6.45, 7) is 5.12. The van der Waals surface area contributed by atoms with Gasteiger partial charge < -0.3 is 14.9 Å². The van der Waals surface area contributed by atoms with Crippen molar-refractivity contribution in [1.82, 2.24) is 9.80 Å². The highest BCUT2D eigenvalue weighted by Crippen LogP contribution is 2.23. The van der Waals surface area contributed by atoms with Crippen LogP contribution in [0.4, 0.5) is 0 Å². The van der Waals surface area contributed by atoms with Crippen LogP contribution < -0.4 is 0 Å². The number of likely N-dealkylation sites (N-methyl/N-ethyl adjacent to an activating group) is 2. The lowest BCUT2D eigenvalue weighted by atomic mass is 9.88. The van der Waals surface area contributed by atoms with Crippen molar-refractivity contribution in [3.63, 3.8) is 0 Å². The molecule has 1 atom stereocenters. The summed E-state index contributed by atoms with van der Waals surface area (Å²) in [6.07, 6.45) is 2.14. The summed E-state index contributed by atoms with van der Waals surface area (Å²) in [7, 11) is 3.83. The van der Waals surface area contributed by atoms with Gasteiger partial charge in [0.15, 0.2) is 0 Å². The average molecular weight is 256 g/mol. The number of likely N-dealkylation sites (tertiary alicyclic amines) is 1. The van der Waals surface area contributed by atoms with Gasteiger partial charge in [-0.1, -0.05) is 0 Å². The molecule has 5 nitrogen and oxygen atoms in total. The monoisotopic (exact) mass is 256 g/mol. The van der Waals surface area contributed by atoms with Crippen LogP contribution in [0.5, 0.6) is 0 Å². The number of carbonyl (C=O) groups excluding carboxylic acids is 1. The van der Waals surface area contributed by atoms with E-state index < -0.39 is 11.4 Å². The molecule has 0 aliphatic carbocycles. The number of nitrogens with zero attached hydrogens (tertiary/aromatic N) is 2. The van der Waals surface area contributed by atoms with Crippen LogP contribution in [0.25, 0.3) is 0 Å². The predicted molar refractivity (Wildman–Crippen MR) is 69.3 cm³/mol. The number of hydrogen-bond donors (Lipinski definition) is 1. The van der Waals surface area contributed by atoms with Crippen LogP contribution in [0.15, 0.2) is 0 Å². The van der Waals surface area contributed by atoms with E-state index >= 15 is 0 Å². The molecule has 1 N–H and O–H groups in total. The van der Waals surface area contributed by atoms with Crippen molar-refractivity contribution in [3.05, 3.63) is 0 Å². The molecule has 1 rings (SSSR count). The number of hydrogen-bond acceptors (Lipinski definition) is 3. The van der Waals surface area contributed by atoms with Crippen LogP contribution in [0, 0.1) is 5.41 Å². The Balaban J connectivity index is 2.58. The Morgan fingerprint density at radius 3 is 2.56 bits per heavy atom. The highest BCUT2D eigenvalue weighted by atomic mass is 16.4. The first-order chi connectivity index (χ1) is 8.24. The van der Waals surface area contributed by atoms with E-state index in [-0.39, 0.29) is 18.4 Å². The number of amides is 1. The molecule has 1 aliphatic rings. The molecule has 18 heavy (non-hydrogen) atoms. The van der Waals surface area contributed by atoms with E-state index in [1.165, 1.54) is 0 Å². The average Bonchev–Trinajstić information content (AvgIpc) is 2.27. The van der Waals surface area contributed by atoms with Gasteiger partial charge in [-0.05, 0) is 40.3 Å². The SMILES string of the molecule is CN1CCCC(N(C)C(=O)CC(C)(C)C(=O)O)C1. The topological polar surface area (TPSA) is 60.9 Å². The largest absolute Gasteiger partial charge is 0.481 e. The van der Waals surface area contributed by atoms with Crippen LogP contribution in [0.1, 0.15) is 33.1 Å². The molecule has 1 amide bonds. The van der Waals surface area contributed by atoms with Crippen LogP contribution in [0.3, 0.4) is 0 Å². The Morgan fingerprint density at radius 1 is 1.44 bits per heavy atom. The summed E-state index contributed by atoms with van der Waals surface area (Å²) < 4.78 is 0. The standard InChI is InChI=1S/C13H24N2O3/c1-13(2,12(17)18)8-11(16)15(4)10-6-5-7-14(3)9-10/h10H,5-9H2,1-4H3,(H,17,18). The fourth-order valence-corrected chi connectivity index (χ4v) is 2.24. The zero-order valence-electron chi connectivity index (χ0n) is 11.8. The van der Waals surface area contributed by atoms with E-state index in [1.807, 2.05) is 7.05 Å². The Bertz CT molecular complexity index is 328. The number of rotatable bonds is 4. The van der Waals surface area contributed by atoms with Crippen molar-refractivity contribution in [3.8, 4) is 0 Å². The molecule has 1 heterocycles. The first-order valence-electron chi connectivity index (χ1n) is 6.41. The fourth-order valence-electron chi connectivity index (χ4n) is 2.24. The minimum atomic E-state index is -0.994. The zero-order chi connectivity index (χ0) is 13.9. The Kier molecular flexibility index (Phi) is 4.73. The Hall–Kier alpha value is -1.10. The second-order valence-corrected chi connectivity index (χ2v) is 5.93. The molecule has 1 aliphatic heterocycles. The molecule has 0 aromatic rings. The highest BCUT2D eigenvalue weighted by molar-refractivity contribution is 5.84. The van der Waals surface area contributed by atoms with Gasteiger partial charge >= 0.3 is 5.97 Å². The lowest BCUT2D eigenvalue weighted by molar-refractivity contribution is -0.151. The highest BCUT2D eigenvalue weighted by Gasteiger charge is 2.33. The minimum absolute atomic E-state index is 0.0546. The molecule has 5 heteroatoms. The molecule has 0 aromatic heterocycles. The van der Waals surface area contributed by atoms with E-state index in [1.54, 1.807) is 25.8 Å². The maximum Gasteiger partial charge on any atom is 0.309 e. The first-order valence-corrected chi connectivity index (χ1v) is 6.41. The summed E-state index contributed by atoms with van der Waals surface area (Å²) in [5.41, 5.74) is -0.994. The van der Waals surface area contributed by atoms with Gasteiger partial charge in [0.05, 0.1) is 5.41 Å². The van der Waals surface area contributed by atoms with Gasteiger partial charge in [0.25, 0.3) is 0 Å². The van der Waals surface area contributed by atoms with E-state index in [0.717, 1.165) is 25.9 Å². The third-order valence-electron chi connectivity index (χ3n) is 3.71. The van der Waals surface area contributed by atoms with Crippen LogP contribution in [-0.2, 0) is 9.59 Å². The first kappa shape index (κ1) is 15.0. The second kappa shape index (κ2) is 5.69. The van der Waals surface area contributed by atoms with Gasteiger partial charge in [-0.3, -0.25) is 9.59 Å². The number of carboxylic acids is 1. The number of piperidine rings is 1. The van der Waals surface area contributed by atoms with Gasteiger partial charge in [0.1, 0.15) is 0 Å². The van der Waals surface area contributed by atoms with Crippen LogP contribution in [0.2, 0.25) is 0 Å². The van der Waals surface area contributed by atoms with Crippen molar-refractivity contribution in [2.75, 3.05) is 27.2 Å². The molecule has 104 valence electrons. The lowest BCUT2D eigenvalue weighted by Crippen LogP contribution is -2.48. The number of carbonyl (C=O) groups is 2. The third-order valence-corrected chi connectivity index (χ3v) is 3.71. The minimum Gasteiger partial charge on any atom is -0.481 e. The summed E-state index contributed by atoms with van der Waals surface area (Å²) in [6, 6.07) is 0.209. The Labute approximate surface area is 109 Å². The molecular formula is C13H24N2O3. The lowest BCUT2D eigenvalue weighted by Gasteiger charge is -2.36. The normalized spacial score (nSPS) is 21.7. The van der Waals surface area contributed by atoms with Gasteiger partial charge in [-0.15, -0.1) is 0 Å². The molecule has 0 radical (unpaired) electrons. The van der Waals surface area contributed by atoms with Crippen molar-refractivity contribution < 1.29 is 14.7 Å². The van der Waals surface area contributed by atoms with Crippen LogP contribution in [-0.4, -0.2) is 60.0 Å². The summed E-state index contributed by atoms with van der Waals surface area (Å²) in [4.78, 5) is 27.1. The smallest absolute Gasteiger partial charge is 0.309 e. The molecule has 0 aromatic carbocycles. The van der Waals surface area contributed by atoms with Crippen molar-refractivity contribution in [1.29, 1.82) is 0 Å². The zero-order valence-corrected chi connectivity index (χ0v) is 11.8. The van der Waals surface area contributed by atoms with Crippen molar-refractivity contribution in [2.45, 2.75) is 39.2 Å². The van der Waals surface area contributed by atoms with Gasteiger partial charge in [0.2, 0.25) is 5.91 Å². The molecule has 0 saturated carbocycles. The third kappa shape index (κ3) is 3.70. The quantitative estimate of drug-likeness (QED) is 0.816. The molecule has 1 unspecified atom stereocenters. The molecule has 0 spiro atoms. The van der Waals surface area contributed by atoms with Crippen molar-refractivity contribution in [2.24, 2.45) is 5.41 Å². The molecule has 1 saturated heterocycles. The van der Waals surface area contributed by atoms with E-state index in [9.17, 15) is 9.59 Å². The maximum atomic E-state index is 12.1. The number of carboxylic acid groups (broad SMARTS) is 1. The van der Waals surface area contributed by atoms with Gasteiger partial charge in [-0.2, -0.15) is 0 Å². The second-order valence-electron chi connectivity index (χ2n) is 5.93. The maximum absolute atomic E-state index is 12.1. The molecular weight excluding hydrogens is 232 g/mol. The van der Waals surface area contributed by atoms with Gasteiger partial charge in [0, 0.05) is 26.1 Å². The van der Waals surface area contributed by atoms with E-state index in [2.05, 4.69) is 4.90 Å². The van der Waals surface area contributed by atoms with E-state index in [4.69, 9.17) is 5.11 Å². The molecule has 0 bridgehead atoms.